The Kier molecular flexibility index (Phi) is 5.49. The Morgan fingerprint density at radius 1 is 0.958 bits per heavy atom. The molecule has 0 atom stereocenters. The molecule has 0 bridgehead atoms. The predicted octanol–water partition coefficient (Wildman–Crippen LogP) is 3.28. The van der Waals surface area contributed by atoms with Gasteiger partial charge in [-0.3, -0.25) is 4.57 Å². The highest BCUT2D eigenvalue weighted by Crippen LogP contribution is 2.09. The predicted molar refractivity (Wildman–Crippen MR) is 99.4 cm³/mol. The van der Waals surface area contributed by atoms with Crippen LogP contribution in [0.25, 0.3) is 11.0 Å². The van der Waals surface area contributed by atoms with Gasteiger partial charge in [0.25, 0.3) is 0 Å². The van der Waals surface area contributed by atoms with E-state index in [1.54, 1.807) is 0 Å². The number of benzene rings is 2. The molecule has 24 heavy (non-hydrogen) atoms. The normalized spacial score (nSPS) is 11.4. The molecule has 2 aromatic carbocycles. The van der Waals surface area contributed by atoms with Gasteiger partial charge in [-0.2, -0.15) is 0 Å². The Bertz CT molecular complexity index is 820. The van der Waals surface area contributed by atoms with Crippen LogP contribution in [0.1, 0.15) is 18.9 Å². The van der Waals surface area contributed by atoms with E-state index in [9.17, 15) is 4.79 Å². The third-order valence-electron chi connectivity index (χ3n) is 4.42. The third kappa shape index (κ3) is 3.95. The summed E-state index contributed by atoms with van der Waals surface area (Å²) in [6.07, 6.45) is 2.17. The van der Waals surface area contributed by atoms with Gasteiger partial charge in [0.15, 0.2) is 0 Å². The number of aromatic nitrogens is 2. The van der Waals surface area contributed by atoms with Gasteiger partial charge in [0.1, 0.15) is 0 Å². The zero-order valence-electron chi connectivity index (χ0n) is 14.2. The van der Waals surface area contributed by atoms with Gasteiger partial charge < -0.3 is 9.88 Å². The second-order valence-corrected chi connectivity index (χ2v) is 6.18. The summed E-state index contributed by atoms with van der Waals surface area (Å²) in [5, 5.41) is 0. The molecule has 4 heteroatoms. The van der Waals surface area contributed by atoms with Crippen molar-refractivity contribution >= 4 is 11.0 Å². The number of nitrogens with one attached hydrogen (secondary N) is 1. The van der Waals surface area contributed by atoms with Crippen LogP contribution >= 0.6 is 0 Å². The van der Waals surface area contributed by atoms with Crippen LogP contribution in [-0.2, 0) is 13.0 Å². The average Bonchev–Trinajstić information content (AvgIpc) is 2.93. The molecule has 0 unspecified atom stereocenters. The molecule has 0 amide bonds. The number of nitrogens with zero attached hydrogens (tertiary/aromatic N) is 2. The first-order chi connectivity index (χ1) is 11.8. The quantitative estimate of drug-likeness (QED) is 0.691. The van der Waals surface area contributed by atoms with Gasteiger partial charge in [-0.05, 0) is 37.1 Å². The summed E-state index contributed by atoms with van der Waals surface area (Å²) in [6.45, 7) is 5.90. The highest BCUT2D eigenvalue weighted by molar-refractivity contribution is 5.74. The summed E-state index contributed by atoms with van der Waals surface area (Å²) in [7, 11) is 0. The summed E-state index contributed by atoms with van der Waals surface area (Å²) in [5.74, 6) is 0. The summed E-state index contributed by atoms with van der Waals surface area (Å²) < 4.78 is 1.85. The fourth-order valence-corrected chi connectivity index (χ4v) is 3.15. The van der Waals surface area contributed by atoms with Crippen molar-refractivity contribution < 1.29 is 0 Å². The highest BCUT2D eigenvalue weighted by atomic mass is 16.1. The van der Waals surface area contributed by atoms with Crippen molar-refractivity contribution in [2.24, 2.45) is 0 Å². The minimum Gasteiger partial charge on any atom is -0.306 e. The molecule has 126 valence electrons. The number of rotatable bonds is 8. The standard InChI is InChI=1S/C20H25N3O/c1-2-13-22(14-12-17-8-4-3-5-9-17)15-16-23-19-11-7-6-10-18(19)21-20(23)24/h3-11H,2,12-16H2,1H3,(H,21,24). The van der Waals surface area contributed by atoms with Crippen LogP contribution < -0.4 is 5.69 Å². The lowest BCUT2D eigenvalue weighted by molar-refractivity contribution is 0.266. The van der Waals surface area contributed by atoms with E-state index < -0.39 is 0 Å². The van der Waals surface area contributed by atoms with Gasteiger partial charge in [0.05, 0.1) is 11.0 Å². The first-order valence-electron chi connectivity index (χ1n) is 8.71. The number of H-pyrrole nitrogens is 1. The molecular weight excluding hydrogens is 298 g/mol. The number of imidazole rings is 1. The molecule has 3 rings (SSSR count). The third-order valence-corrected chi connectivity index (χ3v) is 4.42. The molecule has 0 aliphatic rings. The molecule has 0 radical (unpaired) electrons. The Morgan fingerprint density at radius 2 is 1.71 bits per heavy atom. The van der Waals surface area contributed by atoms with Crippen molar-refractivity contribution in [3.05, 3.63) is 70.6 Å². The largest absolute Gasteiger partial charge is 0.326 e. The van der Waals surface area contributed by atoms with Crippen LogP contribution in [0.3, 0.4) is 0 Å². The maximum absolute atomic E-state index is 12.2. The number of aromatic amines is 1. The molecule has 0 aliphatic carbocycles. The van der Waals surface area contributed by atoms with Gasteiger partial charge in [-0.1, -0.05) is 49.4 Å². The zero-order valence-corrected chi connectivity index (χ0v) is 14.2. The van der Waals surface area contributed by atoms with Crippen molar-refractivity contribution in [3.8, 4) is 0 Å². The lowest BCUT2D eigenvalue weighted by atomic mass is 10.1. The molecule has 1 aromatic heterocycles. The van der Waals surface area contributed by atoms with Crippen LogP contribution in [0.15, 0.2) is 59.4 Å². The van der Waals surface area contributed by atoms with Crippen molar-refractivity contribution in [3.63, 3.8) is 0 Å². The summed E-state index contributed by atoms with van der Waals surface area (Å²) in [5.41, 5.74) is 3.24. The van der Waals surface area contributed by atoms with Gasteiger partial charge in [0, 0.05) is 19.6 Å². The molecule has 1 heterocycles. The maximum atomic E-state index is 12.2. The van der Waals surface area contributed by atoms with Crippen LogP contribution in [-0.4, -0.2) is 34.1 Å². The van der Waals surface area contributed by atoms with E-state index in [-0.39, 0.29) is 5.69 Å². The fraction of sp³-hybridized carbons (Fsp3) is 0.350. The van der Waals surface area contributed by atoms with Crippen molar-refractivity contribution in [1.82, 2.24) is 14.5 Å². The molecule has 0 saturated carbocycles. The molecule has 0 aliphatic heterocycles. The molecule has 4 nitrogen and oxygen atoms in total. The molecule has 1 N–H and O–H groups in total. The molecule has 0 saturated heterocycles. The lowest BCUT2D eigenvalue weighted by Crippen LogP contribution is -2.32. The van der Waals surface area contributed by atoms with E-state index in [0.29, 0.717) is 0 Å². The zero-order chi connectivity index (χ0) is 16.8. The Morgan fingerprint density at radius 3 is 2.50 bits per heavy atom. The van der Waals surface area contributed by atoms with Crippen LogP contribution in [0, 0.1) is 0 Å². The SMILES string of the molecule is CCCN(CCc1ccccc1)CCn1c(=O)[nH]c2ccccc21. The Hall–Kier alpha value is -2.33. The monoisotopic (exact) mass is 323 g/mol. The fourth-order valence-electron chi connectivity index (χ4n) is 3.15. The van der Waals surface area contributed by atoms with E-state index >= 15 is 0 Å². The Labute approximate surface area is 142 Å². The topological polar surface area (TPSA) is 41.0 Å². The van der Waals surface area contributed by atoms with Crippen molar-refractivity contribution in [2.45, 2.75) is 26.3 Å². The molecule has 0 fully saturated rings. The second kappa shape index (κ2) is 7.97. The molecular formula is C20H25N3O. The van der Waals surface area contributed by atoms with Gasteiger partial charge in [-0.25, -0.2) is 4.79 Å². The maximum Gasteiger partial charge on any atom is 0.326 e. The first-order valence-corrected chi connectivity index (χ1v) is 8.71. The molecule has 0 spiro atoms. The van der Waals surface area contributed by atoms with Crippen molar-refractivity contribution in [2.75, 3.05) is 19.6 Å². The second-order valence-electron chi connectivity index (χ2n) is 6.18. The van der Waals surface area contributed by atoms with E-state index in [1.807, 2.05) is 28.8 Å². The number of hydrogen-bond acceptors (Lipinski definition) is 2. The highest BCUT2D eigenvalue weighted by Gasteiger charge is 2.09. The number of fused-ring (bicyclic) bond motifs is 1. The van der Waals surface area contributed by atoms with E-state index in [0.717, 1.165) is 50.1 Å². The van der Waals surface area contributed by atoms with E-state index in [4.69, 9.17) is 0 Å². The minimum absolute atomic E-state index is 0.0179. The van der Waals surface area contributed by atoms with Gasteiger partial charge in [0.2, 0.25) is 0 Å². The Balaban J connectivity index is 1.65. The summed E-state index contributed by atoms with van der Waals surface area (Å²) in [4.78, 5) is 17.6. The van der Waals surface area contributed by atoms with Crippen molar-refractivity contribution in [1.29, 1.82) is 0 Å². The van der Waals surface area contributed by atoms with Crippen LogP contribution in [0.5, 0.6) is 0 Å². The van der Waals surface area contributed by atoms with Gasteiger partial charge >= 0.3 is 5.69 Å². The minimum atomic E-state index is -0.0179. The summed E-state index contributed by atoms with van der Waals surface area (Å²) in [6, 6.07) is 18.5. The summed E-state index contributed by atoms with van der Waals surface area (Å²) >= 11 is 0. The number of para-hydroxylation sites is 2. The smallest absolute Gasteiger partial charge is 0.306 e. The van der Waals surface area contributed by atoms with Crippen LogP contribution in [0.2, 0.25) is 0 Å². The van der Waals surface area contributed by atoms with Crippen LogP contribution in [0.4, 0.5) is 0 Å². The van der Waals surface area contributed by atoms with Gasteiger partial charge in [-0.15, -0.1) is 0 Å². The van der Waals surface area contributed by atoms with E-state index in [2.05, 4.69) is 47.1 Å². The number of hydrogen-bond donors (Lipinski definition) is 1. The lowest BCUT2D eigenvalue weighted by Gasteiger charge is -2.22. The first kappa shape index (κ1) is 16.5. The van der Waals surface area contributed by atoms with E-state index in [1.165, 1.54) is 5.56 Å². The average molecular weight is 323 g/mol. The molecule has 3 aromatic rings.